The van der Waals surface area contributed by atoms with E-state index in [4.69, 9.17) is 9.47 Å². The summed E-state index contributed by atoms with van der Waals surface area (Å²) in [7, 11) is 0. The van der Waals surface area contributed by atoms with E-state index in [1.165, 1.54) is 0 Å². The summed E-state index contributed by atoms with van der Waals surface area (Å²) in [6.45, 7) is 5.12. The monoisotopic (exact) mass is 303 g/mol. The van der Waals surface area contributed by atoms with Crippen LogP contribution in [0.15, 0.2) is 36.7 Å². The number of aliphatic hydroxyl groups excluding tert-OH is 1. The van der Waals surface area contributed by atoms with E-state index in [0.717, 1.165) is 30.2 Å². The lowest BCUT2D eigenvalue weighted by Crippen LogP contribution is -2.34. The smallest absolute Gasteiger partial charge is 0.231 e. The first-order valence-electron chi connectivity index (χ1n) is 7.51. The molecule has 1 aromatic carbocycles. The first-order chi connectivity index (χ1) is 10.7. The predicted octanol–water partition coefficient (Wildman–Crippen LogP) is 1.49. The lowest BCUT2D eigenvalue weighted by atomic mass is 10.2. The van der Waals surface area contributed by atoms with Gasteiger partial charge in [-0.3, -0.25) is 9.58 Å². The van der Waals surface area contributed by atoms with E-state index < -0.39 is 6.10 Å². The van der Waals surface area contributed by atoms with Gasteiger partial charge in [-0.15, -0.1) is 0 Å². The molecule has 0 aliphatic carbocycles. The summed E-state index contributed by atoms with van der Waals surface area (Å²) in [6, 6.07) is 7.84. The minimum absolute atomic E-state index is 0.291. The molecule has 0 radical (unpaired) electrons. The Kier molecular flexibility index (Phi) is 4.60. The highest BCUT2D eigenvalue weighted by molar-refractivity contribution is 5.44. The average molecular weight is 303 g/mol. The molecule has 1 aliphatic rings. The van der Waals surface area contributed by atoms with Gasteiger partial charge in [0.15, 0.2) is 11.5 Å². The maximum atomic E-state index is 10.2. The van der Waals surface area contributed by atoms with Gasteiger partial charge in [-0.05, 0) is 30.3 Å². The zero-order valence-electron chi connectivity index (χ0n) is 12.7. The molecule has 0 saturated heterocycles. The van der Waals surface area contributed by atoms with Gasteiger partial charge in [0.25, 0.3) is 0 Å². The molecular formula is C16H21N3O3. The van der Waals surface area contributed by atoms with Crippen LogP contribution in [0.2, 0.25) is 0 Å². The van der Waals surface area contributed by atoms with Crippen LogP contribution in [0, 0.1) is 0 Å². The van der Waals surface area contributed by atoms with Crippen LogP contribution in [0.4, 0.5) is 0 Å². The topological polar surface area (TPSA) is 59.8 Å². The third-order valence-electron chi connectivity index (χ3n) is 3.72. The van der Waals surface area contributed by atoms with Gasteiger partial charge in [0.1, 0.15) is 0 Å². The van der Waals surface area contributed by atoms with Gasteiger partial charge in [0.05, 0.1) is 12.6 Å². The van der Waals surface area contributed by atoms with E-state index >= 15 is 0 Å². The molecule has 2 aromatic rings. The standard InChI is InChI=1S/C16H21N3O3/c1-2-18(10-14(20)11-19-7-3-6-17-19)9-13-4-5-15-16(8-13)22-12-21-15/h3-8,14,20H,2,9-12H2,1H3. The predicted molar refractivity (Wildman–Crippen MR) is 81.7 cm³/mol. The highest BCUT2D eigenvalue weighted by atomic mass is 16.7. The Morgan fingerprint density at radius 2 is 2.23 bits per heavy atom. The second kappa shape index (κ2) is 6.81. The fraction of sp³-hybridized carbons (Fsp3) is 0.438. The molecule has 6 heteroatoms. The van der Waals surface area contributed by atoms with E-state index in [9.17, 15) is 5.11 Å². The number of ether oxygens (including phenoxy) is 2. The number of aromatic nitrogens is 2. The molecule has 1 atom stereocenters. The number of hydrogen-bond donors (Lipinski definition) is 1. The van der Waals surface area contributed by atoms with Crippen molar-refractivity contribution in [2.24, 2.45) is 0 Å². The van der Waals surface area contributed by atoms with E-state index in [-0.39, 0.29) is 0 Å². The first-order valence-corrected chi connectivity index (χ1v) is 7.51. The van der Waals surface area contributed by atoms with E-state index in [1.54, 1.807) is 10.9 Å². The van der Waals surface area contributed by atoms with Crippen LogP contribution in [-0.2, 0) is 13.1 Å². The van der Waals surface area contributed by atoms with Gasteiger partial charge in [-0.1, -0.05) is 13.0 Å². The number of rotatable bonds is 7. The Labute approximate surface area is 129 Å². The van der Waals surface area contributed by atoms with Gasteiger partial charge in [-0.25, -0.2) is 0 Å². The van der Waals surface area contributed by atoms with Crippen molar-refractivity contribution < 1.29 is 14.6 Å². The molecule has 1 N–H and O–H groups in total. The Balaban J connectivity index is 1.57. The van der Waals surface area contributed by atoms with Crippen LogP contribution in [0.1, 0.15) is 12.5 Å². The summed E-state index contributed by atoms with van der Waals surface area (Å²) >= 11 is 0. The van der Waals surface area contributed by atoms with Crippen LogP contribution in [0.3, 0.4) is 0 Å². The van der Waals surface area contributed by atoms with Gasteiger partial charge in [0.2, 0.25) is 6.79 Å². The third-order valence-corrected chi connectivity index (χ3v) is 3.72. The van der Waals surface area contributed by atoms with Crippen LogP contribution in [0.5, 0.6) is 11.5 Å². The Hall–Kier alpha value is -2.05. The fourth-order valence-corrected chi connectivity index (χ4v) is 2.58. The molecule has 0 fully saturated rings. The summed E-state index contributed by atoms with van der Waals surface area (Å²) in [5, 5.41) is 14.3. The molecule has 22 heavy (non-hydrogen) atoms. The highest BCUT2D eigenvalue weighted by Crippen LogP contribution is 2.32. The number of likely N-dealkylation sites (N-methyl/N-ethyl adjacent to an activating group) is 1. The summed E-state index contributed by atoms with van der Waals surface area (Å²) in [4.78, 5) is 2.20. The Bertz CT molecular complexity index is 601. The largest absolute Gasteiger partial charge is 0.454 e. The molecule has 1 unspecified atom stereocenters. The zero-order valence-corrected chi connectivity index (χ0v) is 12.7. The van der Waals surface area contributed by atoms with E-state index in [1.807, 2.05) is 30.5 Å². The lowest BCUT2D eigenvalue weighted by molar-refractivity contribution is 0.0940. The number of hydrogen-bond acceptors (Lipinski definition) is 5. The quantitative estimate of drug-likeness (QED) is 0.840. The summed E-state index contributed by atoms with van der Waals surface area (Å²) in [5.74, 6) is 1.59. The van der Waals surface area contributed by atoms with Crippen LogP contribution >= 0.6 is 0 Å². The number of nitrogens with zero attached hydrogens (tertiary/aromatic N) is 3. The minimum Gasteiger partial charge on any atom is -0.454 e. The molecule has 0 bridgehead atoms. The number of benzene rings is 1. The summed E-state index contributed by atoms with van der Waals surface area (Å²) < 4.78 is 12.5. The molecule has 1 aliphatic heterocycles. The first kappa shape index (κ1) is 14.9. The normalized spacial score (nSPS) is 14.5. The van der Waals surface area contributed by atoms with Crippen LogP contribution in [0.25, 0.3) is 0 Å². The summed E-state index contributed by atoms with van der Waals surface area (Å²) in [6.07, 6.45) is 3.13. The molecule has 2 heterocycles. The van der Waals surface area contributed by atoms with Crippen molar-refractivity contribution in [2.75, 3.05) is 19.9 Å². The van der Waals surface area contributed by atoms with E-state index in [2.05, 4.69) is 16.9 Å². The highest BCUT2D eigenvalue weighted by Gasteiger charge is 2.16. The van der Waals surface area contributed by atoms with Crippen molar-refractivity contribution in [1.29, 1.82) is 0 Å². The van der Waals surface area contributed by atoms with Crippen LogP contribution < -0.4 is 9.47 Å². The van der Waals surface area contributed by atoms with Gasteiger partial charge in [-0.2, -0.15) is 5.10 Å². The van der Waals surface area contributed by atoms with Crippen molar-refractivity contribution >= 4 is 0 Å². The van der Waals surface area contributed by atoms with Gasteiger partial charge < -0.3 is 14.6 Å². The molecular weight excluding hydrogens is 282 g/mol. The SMILES string of the molecule is CCN(Cc1ccc2c(c1)OCO2)CC(O)Cn1cccn1. The molecule has 1 aromatic heterocycles. The summed E-state index contributed by atoms with van der Waals surface area (Å²) in [5.41, 5.74) is 1.15. The molecule has 0 spiro atoms. The van der Waals surface area contributed by atoms with Crippen molar-refractivity contribution in [1.82, 2.24) is 14.7 Å². The number of fused-ring (bicyclic) bond motifs is 1. The van der Waals surface area contributed by atoms with Crippen molar-refractivity contribution in [2.45, 2.75) is 26.1 Å². The Morgan fingerprint density at radius 3 is 3.00 bits per heavy atom. The van der Waals surface area contributed by atoms with Gasteiger partial charge >= 0.3 is 0 Å². The van der Waals surface area contributed by atoms with Crippen molar-refractivity contribution in [3.05, 3.63) is 42.2 Å². The average Bonchev–Trinajstić information content (AvgIpc) is 3.17. The molecule has 118 valence electrons. The van der Waals surface area contributed by atoms with Crippen molar-refractivity contribution in [3.8, 4) is 11.5 Å². The zero-order chi connectivity index (χ0) is 15.4. The van der Waals surface area contributed by atoms with Crippen LogP contribution in [-0.4, -0.2) is 45.8 Å². The maximum absolute atomic E-state index is 10.2. The lowest BCUT2D eigenvalue weighted by Gasteiger charge is -2.23. The Morgan fingerprint density at radius 1 is 1.36 bits per heavy atom. The van der Waals surface area contributed by atoms with E-state index in [0.29, 0.717) is 19.9 Å². The second-order valence-electron chi connectivity index (χ2n) is 5.40. The molecule has 0 saturated carbocycles. The molecule has 0 amide bonds. The molecule has 3 rings (SSSR count). The second-order valence-corrected chi connectivity index (χ2v) is 5.40. The number of aliphatic hydroxyl groups is 1. The van der Waals surface area contributed by atoms with Gasteiger partial charge in [0, 0.05) is 25.5 Å². The van der Waals surface area contributed by atoms with Crippen molar-refractivity contribution in [3.63, 3.8) is 0 Å². The maximum Gasteiger partial charge on any atom is 0.231 e. The third kappa shape index (κ3) is 3.58. The fourth-order valence-electron chi connectivity index (χ4n) is 2.58. The molecule has 6 nitrogen and oxygen atoms in total. The minimum atomic E-state index is -0.450.